The number of aromatic nitrogens is 3. The number of hydrogen-bond donors (Lipinski definition) is 2. The van der Waals surface area contributed by atoms with E-state index >= 15 is 0 Å². The number of benzene rings is 1. The van der Waals surface area contributed by atoms with Gasteiger partial charge in [0.25, 0.3) is 0 Å². The molecule has 0 aliphatic rings. The van der Waals surface area contributed by atoms with E-state index in [4.69, 9.17) is 11.6 Å². The molecule has 0 fully saturated rings. The maximum atomic E-state index is 5.92. The molecule has 2 rings (SSSR count). The summed E-state index contributed by atoms with van der Waals surface area (Å²) in [7, 11) is 0. The largest absolute Gasteiger partial charge is 0.349 e. The molecule has 0 saturated carbocycles. The number of hydrogen-bond acceptors (Lipinski definition) is 5. The minimum atomic E-state index is 0.455. The highest BCUT2D eigenvalue weighted by Crippen LogP contribution is 2.22. The number of aryl methyl sites for hydroxylation is 1. The van der Waals surface area contributed by atoms with Crippen LogP contribution in [0.25, 0.3) is 0 Å². The Morgan fingerprint density at radius 3 is 3.00 bits per heavy atom. The lowest BCUT2D eigenvalue weighted by atomic mass is 10.2. The van der Waals surface area contributed by atoms with Crippen molar-refractivity contribution in [3.63, 3.8) is 0 Å². The van der Waals surface area contributed by atoms with Gasteiger partial charge >= 0.3 is 0 Å². The fraction of sp³-hybridized carbons (Fsp3) is 0.154. The summed E-state index contributed by atoms with van der Waals surface area (Å²) in [6.07, 6.45) is 3.29. The molecule has 0 bridgehead atoms. The van der Waals surface area contributed by atoms with Crippen LogP contribution in [-0.4, -0.2) is 21.7 Å². The van der Waals surface area contributed by atoms with Crippen molar-refractivity contribution in [2.24, 2.45) is 0 Å². The van der Waals surface area contributed by atoms with E-state index in [-0.39, 0.29) is 0 Å². The Bertz CT molecular complexity index is 585. The summed E-state index contributed by atoms with van der Waals surface area (Å²) in [6, 6.07) is 5.61. The average Bonchev–Trinajstić information content (AvgIpc) is 2.40. The van der Waals surface area contributed by atoms with E-state index in [2.05, 4.69) is 32.4 Å². The lowest BCUT2D eigenvalue weighted by Gasteiger charge is -2.09. The second-order valence-corrected chi connectivity index (χ2v) is 4.36. The monoisotopic (exact) mass is 275 g/mol. The van der Waals surface area contributed by atoms with Gasteiger partial charge in [-0.2, -0.15) is 10.1 Å². The highest BCUT2D eigenvalue weighted by Gasteiger charge is 2.03. The third-order valence-electron chi connectivity index (χ3n) is 2.41. The summed E-state index contributed by atoms with van der Waals surface area (Å²) in [5, 5.41) is 14.6. The van der Waals surface area contributed by atoms with E-state index < -0.39 is 0 Å². The second kappa shape index (κ2) is 6.15. The van der Waals surface area contributed by atoms with E-state index in [0.29, 0.717) is 23.3 Å². The zero-order chi connectivity index (χ0) is 13.7. The van der Waals surface area contributed by atoms with Crippen molar-refractivity contribution < 1.29 is 0 Å². The molecule has 0 amide bonds. The summed E-state index contributed by atoms with van der Waals surface area (Å²) in [5.74, 6) is 1.07. The molecule has 0 unspecified atom stereocenters. The molecular weight excluding hydrogens is 262 g/mol. The van der Waals surface area contributed by atoms with Gasteiger partial charge in [-0.3, -0.25) is 0 Å². The van der Waals surface area contributed by atoms with Crippen molar-refractivity contribution >= 4 is 29.1 Å². The minimum Gasteiger partial charge on any atom is -0.349 e. The van der Waals surface area contributed by atoms with Crippen molar-refractivity contribution in [3.05, 3.63) is 47.6 Å². The van der Waals surface area contributed by atoms with Crippen molar-refractivity contribution in [1.29, 1.82) is 0 Å². The Kier molecular flexibility index (Phi) is 4.30. The van der Waals surface area contributed by atoms with Gasteiger partial charge in [0.15, 0.2) is 5.82 Å². The summed E-state index contributed by atoms with van der Waals surface area (Å²) in [4.78, 5) is 4.29. The Morgan fingerprint density at radius 1 is 1.42 bits per heavy atom. The maximum Gasteiger partial charge on any atom is 0.244 e. The fourth-order valence-electron chi connectivity index (χ4n) is 1.51. The molecule has 0 aliphatic carbocycles. The molecular formula is C13H14ClN5. The van der Waals surface area contributed by atoms with Gasteiger partial charge in [-0.25, -0.2) is 0 Å². The number of nitrogens with one attached hydrogen (secondary N) is 2. The van der Waals surface area contributed by atoms with E-state index in [1.165, 1.54) is 0 Å². The van der Waals surface area contributed by atoms with E-state index in [0.717, 1.165) is 11.3 Å². The van der Waals surface area contributed by atoms with E-state index in [9.17, 15) is 0 Å². The van der Waals surface area contributed by atoms with Gasteiger partial charge in [-0.05, 0) is 30.7 Å². The molecule has 1 aromatic heterocycles. The van der Waals surface area contributed by atoms with Gasteiger partial charge in [0.1, 0.15) is 0 Å². The first kappa shape index (κ1) is 13.3. The lowest BCUT2D eigenvalue weighted by Crippen LogP contribution is -2.06. The van der Waals surface area contributed by atoms with Crippen molar-refractivity contribution in [3.8, 4) is 0 Å². The molecule has 0 saturated heterocycles. The summed E-state index contributed by atoms with van der Waals surface area (Å²) >= 11 is 5.92. The molecule has 0 aliphatic heterocycles. The van der Waals surface area contributed by atoms with E-state index in [1.807, 2.05) is 25.1 Å². The number of nitrogens with zero attached hydrogens (tertiary/aromatic N) is 3. The maximum absolute atomic E-state index is 5.92. The highest BCUT2D eigenvalue weighted by atomic mass is 35.5. The third kappa shape index (κ3) is 3.66. The normalized spacial score (nSPS) is 10.0. The van der Waals surface area contributed by atoms with Gasteiger partial charge in [-0.1, -0.05) is 17.7 Å². The lowest BCUT2D eigenvalue weighted by molar-refractivity contribution is 0.967. The molecule has 1 aromatic carbocycles. The fourth-order valence-corrected chi connectivity index (χ4v) is 1.73. The average molecular weight is 276 g/mol. The van der Waals surface area contributed by atoms with Crippen molar-refractivity contribution in [2.45, 2.75) is 6.92 Å². The standard InChI is InChI=1S/C13H14ClN5/c1-3-6-15-13-18-12(8-16-19-13)17-11-5-4-10(14)7-9(11)2/h3-5,7-8H,1,6H2,2H3,(H2,15,17,18,19). The third-order valence-corrected chi connectivity index (χ3v) is 2.65. The Morgan fingerprint density at radius 2 is 2.26 bits per heavy atom. The van der Waals surface area contributed by atoms with Crippen molar-refractivity contribution in [2.75, 3.05) is 17.2 Å². The van der Waals surface area contributed by atoms with Gasteiger partial charge in [0.2, 0.25) is 5.95 Å². The topological polar surface area (TPSA) is 62.7 Å². The number of rotatable bonds is 5. The molecule has 0 radical (unpaired) electrons. The first-order chi connectivity index (χ1) is 9.19. The highest BCUT2D eigenvalue weighted by molar-refractivity contribution is 6.30. The SMILES string of the molecule is C=CCNc1nncc(Nc2ccc(Cl)cc2C)n1. The van der Waals surface area contributed by atoms with Crippen LogP contribution in [0.5, 0.6) is 0 Å². The predicted molar refractivity (Wildman–Crippen MR) is 78.0 cm³/mol. The van der Waals surface area contributed by atoms with Crippen LogP contribution in [0.1, 0.15) is 5.56 Å². The molecule has 19 heavy (non-hydrogen) atoms. The summed E-state index contributed by atoms with van der Waals surface area (Å²) in [5.41, 5.74) is 1.96. The molecule has 2 aromatic rings. The molecule has 1 heterocycles. The van der Waals surface area contributed by atoms with Crippen LogP contribution in [0.15, 0.2) is 37.1 Å². The molecule has 0 atom stereocenters. The molecule has 5 nitrogen and oxygen atoms in total. The van der Waals surface area contributed by atoms with Crippen LogP contribution in [-0.2, 0) is 0 Å². The van der Waals surface area contributed by atoms with Crippen LogP contribution in [0.3, 0.4) is 0 Å². The van der Waals surface area contributed by atoms with Crippen LogP contribution >= 0.6 is 11.6 Å². The van der Waals surface area contributed by atoms with Crippen LogP contribution in [0, 0.1) is 6.92 Å². The van der Waals surface area contributed by atoms with Gasteiger partial charge in [-0.15, -0.1) is 11.7 Å². The second-order valence-electron chi connectivity index (χ2n) is 3.92. The molecule has 2 N–H and O–H groups in total. The summed E-state index contributed by atoms with van der Waals surface area (Å²) in [6.45, 7) is 6.18. The predicted octanol–water partition coefficient (Wildman–Crippen LogP) is 3.17. The van der Waals surface area contributed by atoms with Crippen LogP contribution < -0.4 is 10.6 Å². The quantitative estimate of drug-likeness (QED) is 0.821. The number of halogens is 1. The van der Waals surface area contributed by atoms with Crippen molar-refractivity contribution in [1.82, 2.24) is 15.2 Å². The minimum absolute atomic E-state index is 0.455. The Labute approximate surface area is 116 Å². The Balaban J connectivity index is 2.16. The van der Waals surface area contributed by atoms with Crippen LogP contribution in [0.4, 0.5) is 17.5 Å². The van der Waals surface area contributed by atoms with Crippen LogP contribution in [0.2, 0.25) is 5.02 Å². The number of anilines is 3. The first-order valence-electron chi connectivity index (χ1n) is 5.76. The smallest absolute Gasteiger partial charge is 0.244 e. The summed E-state index contributed by atoms with van der Waals surface area (Å²) < 4.78 is 0. The Hall–Kier alpha value is -2.14. The zero-order valence-electron chi connectivity index (χ0n) is 10.5. The van der Waals surface area contributed by atoms with E-state index in [1.54, 1.807) is 12.3 Å². The molecule has 6 heteroatoms. The zero-order valence-corrected chi connectivity index (χ0v) is 11.3. The van der Waals surface area contributed by atoms with Gasteiger partial charge in [0.05, 0.1) is 6.20 Å². The first-order valence-corrected chi connectivity index (χ1v) is 6.14. The molecule has 98 valence electrons. The van der Waals surface area contributed by atoms with Gasteiger partial charge in [0, 0.05) is 17.3 Å². The van der Waals surface area contributed by atoms with Gasteiger partial charge < -0.3 is 10.6 Å². The molecule has 0 spiro atoms.